The molecule has 1 heterocycles. The molecule has 21 heavy (non-hydrogen) atoms. The summed E-state index contributed by atoms with van der Waals surface area (Å²) >= 11 is 0. The summed E-state index contributed by atoms with van der Waals surface area (Å²) in [6.07, 6.45) is 1.63. The summed E-state index contributed by atoms with van der Waals surface area (Å²) in [7, 11) is 0. The number of benzene rings is 2. The number of halogens is 2. The third kappa shape index (κ3) is 2.63. The van der Waals surface area contributed by atoms with Crippen LogP contribution >= 0.6 is 0 Å². The Labute approximate surface area is 120 Å². The van der Waals surface area contributed by atoms with E-state index in [0.717, 1.165) is 23.2 Å². The van der Waals surface area contributed by atoms with Crippen LogP contribution in [0, 0.1) is 11.6 Å². The second kappa shape index (κ2) is 5.36. The number of pyridine rings is 1. The highest BCUT2D eigenvalue weighted by Gasteiger charge is 2.07. The van der Waals surface area contributed by atoms with Crippen LogP contribution in [0.3, 0.4) is 0 Å². The molecule has 0 radical (unpaired) electrons. The van der Waals surface area contributed by atoms with Crippen molar-refractivity contribution in [3.63, 3.8) is 0 Å². The van der Waals surface area contributed by atoms with Crippen molar-refractivity contribution in [2.75, 3.05) is 11.1 Å². The van der Waals surface area contributed by atoms with E-state index in [2.05, 4.69) is 10.3 Å². The van der Waals surface area contributed by atoms with E-state index in [1.807, 2.05) is 12.1 Å². The molecule has 0 aliphatic heterocycles. The summed E-state index contributed by atoms with van der Waals surface area (Å²) in [5.74, 6) is -0.904. The molecule has 1 aromatic heterocycles. The molecule has 0 aliphatic rings. The number of hydrogen-bond acceptors (Lipinski definition) is 3. The van der Waals surface area contributed by atoms with Crippen LogP contribution in [0.2, 0.25) is 0 Å². The van der Waals surface area contributed by atoms with Gasteiger partial charge in [-0.05, 0) is 30.3 Å². The van der Waals surface area contributed by atoms with Gasteiger partial charge in [0.05, 0.1) is 11.2 Å². The van der Waals surface area contributed by atoms with Crippen molar-refractivity contribution >= 4 is 22.3 Å². The third-order valence-corrected chi connectivity index (χ3v) is 3.28. The summed E-state index contributed by atoms with van der Waals surface area (Å²) in [5, 5.41) is 3.94. The van der Waals surface area contributed by atoms with Crippen LogP contribution < -0.4 is 11.1 Å². The van der Waals surface area contributed by atoms with E-state index in [-0.39, 0.29) is 12.1 Å². The lowest BCUT2D eigenvalue weighted by molar-refractivity contribution is 0.587. The fraction of sp³-hybridized carbons (Fsp3) is 0.0625. The molecule has 0 saturated heterocycles. The van der Waals surface area contributed by atoms with Gasteiger partial charge < -0.3 is 11.1 Å². The number of rotatable bonds is 3. The molecule has 0 atom stereocenters. The first-order valence-corrected chi connectivity index (χ1v) is 6.46. The molecular weight excluding hydrogens is 272 g/mol. The molecule has 0 bridgehead atoms. The van der Waals surface area contributed by atoms with Crippen molar-refractivity contribution < 1.29 is 8.78 Å². The zero-order chi connectivity index (χ0) is 14.8. The number of hydrogen-bond donors (Lipinski definition) is 2. The second-order valence-corrected chi connectivity index (χ2v) is 4.69. The van der Waals surface area contributed by atoms with Crippen molar-refractivity contribution in [3.05, 3.63) is 65.9 Å². The maximum absolute atomic E-state index is 13.6. The van der Waals surface area contributed by atoms with E-state index in [1.165, 1.54) is 6.07 Å². The molecule has 0 aliphatic carbocycles. The van der Waals surface area contributed by atoms with E-state index < -0.39 is 11.6 Å². The second-order valence-electron chi connectivity index (χ2n) is 4.69. The molecule has 106 valence electrons. The molecule has 3 N–H and O–H groups in total. The lowest BCUT2D eigenvalue weighted by Gasteiger charge is -2.11. The first-order valence-electron chi connectivity index (χ1n) is 6.46. The highest BCUT2D eigenvalue weighted by molar-refractivity contribution is 5.97. The standard InChI is InChI=1S/C16H13F2N3/c17-11-4-5-13(18)10(8-11)9-21-15-6-7-20-16-12(15)2-1-3-14(16)19/h1-8H,9,19H2,(H,20,21). The van der Waals surface area contributed by atoms with Gasteiger partial charge in [0.2, 0.25) is 0 Å². The van der Waals surface area contributed by atoms with Crippen LogP contribution in [0.15, 0.2) is 48.7 Å². The number of nitrogen functional groups attached to an aromatic ring is 1. The summed E-state index contributed by atoms with van der Waals surface area (Å²) < 4.78 is 26.8. The average molecular weight is 285 g/mol. The number of nitrogens with one attached hydrogen (secondary N) is 1. The first-order chi connectivity index (χ1) is 10.1. The minimum atomic E-state index is -0.461. The van der Waals surface area contributed by atoms with Crippen LogP contribution in [-0.2, 0) is 6.54 Å². The molecule has 0 fully saturated rings. The first kappa shape index (κ1) is 13.3. The predicted molar refractivity (Wildman–Crippen MR) is 79.8 cm³/mol. The molecule has 2 aromatic carbocycles. The van der Waals surface area contributed by atoms with Crippen LogP contribution in [0.1, 0.15) is 5.56 Å². The maximum atomic E-state index is 13.6. The van der Waals surface area contributed by atoms with Gasteiger partial charge in [-0.15, -0.1) is 0 Å². The molecule has 5 heteroatoms. The molecule has 3 nitrogen and oxygen atoms in total. The van der Waals surface area contributed by atoms with Crippen LogP contribution in [0.25, 0.3) is 10.9 Å². The maximum Gasteiger partial charge on any atom is 0.128 e. The highest BCUT2D eigenvalue weighted by Crippen LogP contribution is 2.26. The van der Waals surface area contributed by atoms with Crippen molar-refractivity contribution in [3.8, 4) is 0 Å². The smallest absolute Gasteiger partial charge is 0.128 e. The summed E-state index contributed by atoms with van der Waals surface area (Å²) in [6.45, 7) is 0.178. The minimum absolute atomic E-state index is 0.178. The molecule has 3 aromatic rings. The van der Waals surface area contributed by atoms with Crippen molar-refractivity contribution in [2.45, 2.75) is 6.54 Å². The van der Waals surface area contributed by atoms with E-state index in [1.54, 1.807) is 18.3 Å². The summed E-state index contributed by atoms with van der Waals surface area (Å²) in [4.78, 5) is 4.23. The highest BCUT2D eigenvalue weighted by atomic mass is 19.1. The molecule has 0 amide bonds. The van der Waals surface area contributed by atoms with Gasteiger partial charge in [0, 0.05) is 29.4 Å². The predicted octanol–water partition coefficient (Wildman–Crippen LogP) is 3.71. The zero-order valence-corrected chi connectivity index (χ0v) is 11.1. The Balaban J connectivity index is 1.92. The SMILES string of the molecule is Nc1cccc2c(NCc3cc(F)ccc3F)ccnc12. The average Bonchev–Trinajstić information content (AvgIpc) is 2.49. The summed E-state index contributed by atoms with van der Waals surface area (Å²) in [6, 6.07) is 10.6. The quantitative estimate of drug-likeness (QED) is 0.721. The van der Waals surface area contributed by atoms with E-state index in [0.29, 0.717) is 11.2 Å². The Morgan fingerprint density at radius 1 is 1.10 bits per heavy atom. The van der Waals surface area contributed by atoms with Crippen molar-refractivity contribution in [1.82, 2.24) is 4.98 Å². The van der Waals surface area contributed by atoms with Gasteiger partial charge in [-0.3, -0.25) is 4.98 Å². The Bertz CT molecular complexity index is 803. The van der Waals surface area contributed by atoms with Crippen LogP contribution in [0.5, 0.6) is 0 Å². The Morgan fingerprint density at radius 3 is 2.81 bits per heavy atom. The van der Waals surface area contributed by atoms with Gasteiger partial charge in [0.15, 0.2) is 0 Å². The van der Waals surface area contributed by atoms with Gasteiger partial charge in [0.1, 0.15) is 11.6 Å². The zero-order valence-electron chi connectivity index (χ0n) is 11.1. The molecule has 0 saturated carbocycles. The van der Waals surface area contributed by atoms with E-state index >= 15 is 0 Å². The van der Waals surface area contributed by atoms with Gasteiger partial charge in [-0.25, -0.2) is 8.78 Å². The van der Waals surface area contributed by atoms with Crippen LogP contribution in [-0.4, -0.2) is 4.98 Å². The van der Waals surface area contributed by atoms with Crippen molar-refractivity contribution in [2.24, 2.45) is 0 Å². The minimum Gasteiger partial charge on any atom is -0.397 e. The van der Waals surface area contributed by atoms with E-state index in [4.69, 9.17) is 5.73 Å². The third-order valence-electron chi connectivity index (χ3n) is 3.28. The number of anilines is 2. The van der Waals surface area contributed by atoms with Gasteiger partial charge in [-0.1, -0.05) is 12.1 Å². The number of para-hydroxylation sites is 1. The number of nitrogens with two attached hydrogens (primary N) is 1. The molecular formula is C16H13F2N3. The summed E-state index contributed by atoms with van der Waals surface area (Å²) in [5.41, 5.74) is 8.18. The van der Waals surface area contributed by atoms with Crippen LogP contribution in [0.4, 0.5) is 20.2 Å². The largest absolute Gasteiger partial charge is 0.397 e. The topological polar surface area (TPSA) is 50.9 Å². The lowest BCUT2D eigenvalue weighted by atomic mass is 10.1. The molecule has 3 rings (SSSR count). The Morgan fingerprint density at radius 2 is 1.95 bits per heavy atom. The van der Waals surface area contributed by atoms with E-state index in [9.17, 15) is 8.78 Å². The van der Waals surface area contributed by atoms with Gasteiger partial charge in [-0.2, -0.15) is 0 Å². The fourth-order valence-corrected chi connectivity index (χ4v) is 2.22. The Hall–Kier alpha value is -2.69. The number of aromatic nitrogens is 1. The molecule has 0 unspecified atom stereocenters. The molecule has 0 spiro atoms. The van der Waals surface area contributed by atoms with Gasteiger partial charge in [0.25, 0.3) is 0 Å². The fourth-order valence-electron chi connectivity index (χ4n) is 2.22. The van der Waals surface area contributed by atoms with Gasteiger partial charge >= 0.3 is 0 Å². The number of nitrogens with zero attached hydrogens (tertiary/aromatic N) is 1. The van der Waals surface area contributed by atoms with Crippen molar-refractivity contribution in [1.29, 1.82) is 0 Å². The lowest BCUT2D eigenvalue weighted by Crippen LogP contribution is -2.03. The Kier molecular flexibility index (Phi) is 3.39. The number of fused-ring (bicyclic) bond motifs is 1. The monoisotopic (exact) mass is 285 g/mol. The normalized spacial score (nSPS) is 10.8.